The van der Waals surface area contributed by atoms with Crippen LogP contribution >= 0.6 is 0 Å². The Morgan fingerprint density at radius 2 is 1.41 bits per heavy atom. The van der Waals surface area contributed by atoms with Crippen molar-refractivity contribution in [3.05, 3.63) is 12.2 Å². The Balaban J connectivity index is 3.98. The molecule has 0 amide bonds. The largest absolute Gasteiger partial charge is 0.375 e. The molecule has 17 heavy (non-hydrogen) atoms. The molecule has 0 aromatic carbocycles. The highest BCUT2D eigenvalue weighted by atomic mass is 16.5. The number of rotatable bonds is 5. The third-order valence-corrected chi connectivity index (χ3v) is 2.50. The fraction of sp³-hybridized carbons (Fsp3) is 0.875. The van der Waals surface area contributed by atoms with Crippen molar-refractivity contribution in [3.8, 4) is 0 Å². The fourth-order valence-electron chi connectivity index (χ4n) is 1.40. The molecule has 0 radical (unpaired) electrons. The Morgan fingerprint density at radius 1 is 0.882 bits per heavy atom. The zero-order valence-electron chi connectivity index (χ0n) is 13.2. The van der Waals surface area contributed by atoms with E-state index in [-0.39, 0.29) is 11.0 Å². The first kappa shape index (κ1) is 16.7. The van der Waals surface area contributed by atoms with Gasteiger partial charge in [-0.1, -0.05) is 46.8 Å². The molecule has 0 fully saturated rings. The van der Waals surface area contributed by atoms with Crippen molar-refractivity contribution in [2.75, 3.05) is 6.61 Å². The molecule has 0 heterocycles. The summed E-state index contributed by atoms with van der Waals surface area (Å²) in [5.41, 5.74) is 0.528. The molecule has 0 rings (SSSR count). The molecule has 0 aliphatic rings. The van der Waals surface area contributed by atoms with E-state index < -0.39 is 0 Å². The van der Waals surface area contributed by atoms with Gasteiger partial charge >= 0.3 is 0 Å². The van der Waals surface area contributed by atoms with E-state index in [0.717, 1.165) is 13.0 Å². The molecule has 0 atom stereocenters. The summed E-state index contributed by atoms with van der Waals surface area (Å²) >= 11 is 0. The number of allylic oxidation sites excluding steroid dienone is 2. The maximum atomic E-state index is 5.87. The summed E-state index contributed by atoms with van der Waals surface area (Å²) in [5.74, 6) is 0. The maximum Gasteiger partial charge on any atom is 0.0598 e. The van der Waals surface area contributed by atoms with E-state index in [0.29, 0.717) is 5.41 Å². The second kappa shape index (κ2) is 6.04. The molecule has 0 aromatic heterocycles. The van der Waals surface area contributed by atoms with Gasteiger partial charge in [0.15, 0.2) is 0 Å². The molecule has 0 saturated carbocycles. The molecule has 0 N–H and O–H groups in total. The first-order chi connectivity index (χ1) is 7.41. The quantitative estimate of drug-likeness (QED) is 0.599. The van der Waals surface area contributed by atoms with Gasteiger partial charge in [0.05, 0.1) is 12.2 Å². The lowest BCUT2D eigenvalue weighted by Crippen LogP contribution is -2.28. The summed E-state index contributed by atoms with van der Waals surface area (Å²) in [7, 11) is 0. The van der Waals surface area contributed by atoms with Crippen molar-refractivity contribution in [2.45, 2.75) is 73.8 Å². The SMILES string of the molecule is CC(C)(C)/C=C/CCC(C)(C)COC(C)(C)C. The van der Waals surface area contributed by atoms with E-state index in [1.807, 2.05) is 0 Å². The summed E-state index contributed by atoms with van der Waals surface area (Å²) in [6.45, 7) is 18.4. The lowest BCUT2D eigenvalue weighted by molar-refractivity contribution is -0.0446. The van der Waals surface area contributed by atoms with Crippen molar-refractivity contribution in [1.29, 1.82) is 0 Å². The third-order valence-electron chi connectivity index (χ3n) is 2.50. The molecule has 1 nitrogen and oxygen atoms in total. The summed E-state index contributed by atoms with van der Waals surface area (Å²) in [4.78, 5) is 0. The van der Waals surface area contributed by atoms with Crippen LogP contribution in [0.15, 0.2) is 12.2 Å². The minimum Gasteiger partial charge on any atom is -0.375 e. The summed E-state index contributed by atoms with van der Waals surface area (Å²) in [6, 6.07) is 0. The van der Waals surface area contributed by atoms with E-state index in [9.17, 15) is 0 Å². The Kier molecular flexibility index (Phi) is 5.93. The Bertz CT molecular complexity index is 235. The molecular formula is C16H32O. The van der Waals surface area contributed by atoms with E-state index in [4.69, 9.17) is 4.74 Å². The van der Waals surface area contributed by atoms with Crippen LogP contribution in [0.4, 0.5) is 0 Å². The van der Waals surface area contributed by atoms with Crippen LogP contribution in [-0.2, 0) is 4.74 Å². The second-order valence-electron chi connectivity index (χ2n) is 7.87. The summed E-state index contributed by atoms with van der Waals surface area (Å²) < 4.78 is 5.87. The molecule has 0 spiro atoms. The van der Waals surface area contributed by atoms with Crippen LogP contribution in [-0.4, -0.2) is 12.2 Å². The standard InChI is InChI=1S/C16H32O/c1-14(2,3)11-9-10-12-16(7,8)13-17-15(4,5)6/h9,11H,10,12-13H2,1-8H3/b11-9+. The monoisotopic (exact) mass is 240 g/mol. The highest BCUT2D eigenvalue weighted by molar-refractivity contribution is 4.92. The Hall–Kier alpha value is -0.300. The second-order valence-corrected chi connectivity index (χ2v) is 7.87. The maximum absolute atomic E-state index is 5.87. The molecule has 0 aromatic rings. The van der Waals surface area contributed by atoms with Gasteiger partial charge in [0.1, 0.15) is 0 Å². The van der Waals surface area contributed by atoms with Gasteiger partial charge in [-0.25, -0.2) is 0 Å². The molecule has 0 aliphatic carbocycles. The smallest absolute Gasteiger partial charge is 0.0598 e. The summed E-state index contributed by atoms with van der Waals surface area (Å²) in [6.07, 6.45) is 6.92. The van der Waals surface area contributed by atoms with Crippen molar-refractivity contribution < 1.29 is 4.74 Å². The minimum absolute atomic E-state index is 0.0292. The third kappa shape index (κ3) is 12.0. The fourth-order valence-corrected chi connectivity index (χ4v) is 1.40. The molecule has 0 saturated heterocycles. The molecule has 0 aliphatic heterocycles. The molecule has 0 bridgehead atoms. The Morgan fingerprint density at radius 3 is 1.82 bits per heavy atom. The van der Waals surface area contributed by atoms with Gasteiger partial charge in [0.25, 0.3) is 0 Å². The van der Waals surface area contributed by atoms with E-state index in [1.54, 1.807) is 0 Å². The van der Waals surface area contributed by atoms with Gasteiger partial charge in [-0.15, -0.1) is 0 Å². The molecule has 1 heteroatoms. The molecular weight excluding hydrogens is 208 g/mol. The Labute approximate surface area is 109 Å². The number of hydrogen-bond acceptors (Lipinski definition) is 1. The van der Waals surface area contributed by atoms with Gasteiger partial charge in [0.2, 0.25) is 0 Å². The zero-order chi connectivity index (χ0) is 13.7. The van der Waals surface area contributed by atoms with Crippen molar-refractivity contribution >= 4 is 0 Å². The molecule has 0 unspecified atom stereocenters. The normalized spacial score (nSPS) is 14.6. The van der Waals surface area contributed by atoms with Gasteiger partial charge in [-0.3, -0.25) is 0 Å². The van der Waals surface area contributed by atoms with Crippen LogP contribution in [0.3, 0.4) is 0 Å². The first-order valence-corrected chi connectivity index (χ1v) is 6.73. The van der Waals surface area contributed by atoms with Crippen molar-refractivity contribution in [3.63, 3.8) is 0 Å². The van der Waals surface area contributed by atoms with Crippen LogP contribution in [0.5, 0.6) is 0 Å². The minimum atomic E-state index is -0.0292. The topological polar surface area (TPSA) is 9.23 Å². The number of ether oxygens (including phenoxy) is 1. The van der Waals surface area contributed by atoms with Crippen molar-refractivity contribution in [1.82, 2.24) is 0 Å². The highest BCUT2D eigenvalue weighted by Crippen LogP contribution is 2.26. The van der Waals surface area contributed by atoms with Crippen LogP contribution in [0.2, 0.25) is 0 Å². The van der Waals surface area contributed by atoms with Crippen molar-refractivity contribution in [2.24, 2.45) is 10.8 Å². The summed E-state index contributed by atoms with van der Waals surface area (Å²) in [5, 5.41) is 0. The predicted octanol–water partition coefficient (Wildman–Crippen LogP) is 5.21. The lowest BCUT2D eigenvalue weighted by Gasteiger charge is -2.29. The van der Waals surface area contributed by atoms with Gasteiger partial charge < -0.3 is 4.74 Å². The molecule has 102 valence electrons. The van der Waals surface area contributed by atoms with Crippen LogP contribution in [0.25, 0.3) is 0 Å². The van der Waals surface area contributed by atoms with Crippen LogP contribution < -0.4 is 0 Å². The van der Waals surface area contributed by atoms with E-state index in [1.165, 1.54) is 6.42 Å². The first-order valence-electron chi connectivity index (χ1n) is 6.73. The van der Waals surface area contributed by atoms with Gasteiger partial charge in [-0.05, 0) is 44.4 Å². The van der Waals surface area contributed by atoms with Gasteiger partial charge in [-0.2, -0.15) is 0 Å². The van der Waals surface area contributed by atoms with E-state index >= 15 is 0 Å². The zero-order valence-corrected chi connectivity index (χ0v) is 13.2. The predicted molar refractivity (Wildman–Crippen MR) is 77.3 cm³/mol. The highest BCUT2D eigenvalue weighted by Gasteiger charge is 2.21. The van der Waals surface area contributed by atoms with Crippen LogP contribution in [0, 0.1) is 10.8 Å². The average molecular weight is 240 g/mol. The van der Waals surface area contributed by atoms with Gasteiger partial charge in [0, 0.05) is 0 Å². The lowest BCUT2D eigenvalue weighted by atomic mass is 9.87. The average Bonchev–Trinajstić information content (AvgIpc) is 2.07. The van der Waals surface area contributed by atoms with Crippen LogP contribution in [0.1, 0.15) is 68.2 Å². The van der Waals surface area contributed by atoms with E-state index in [2.05, 4.69) is 67.5 Å². The number of hydrogen-bond donors (Lipinski definition) is 0.